The van der Waals surface area contributed by atoms with Crippen LogP contribution in [0.25, 0.3) is 11.3 Å². The third kappa shape index (κ3) is 5.44. The van der Waals surface area contributed by atoms with Gasteiger partial charge < -0.3 is 20.6 Å². The molecule has 0 aliphatic carbocycles. The molecule has 3 aromatic rings. The van der Waals surface area contributed by atoms with E-state index in [-0.39, 0.29) is 5.75 Å². The Kier molecular flexibility index (Phi) is 6.91. The van der Waals surface area contributed by atoms with E-state index in [4.69, 9.17) is 5.73 Å². The monoisotopic (exact) mass is 470 g/mol. The van der Waals surface area contributed by atoms with Crippen LogP contribution in [0.4, 0.5) is 17.3 Å². The van der Waals surface area contributed by atoms with E-state index >= 15 is 0 Å². The lowest BCUT2D eigenvalue weighted by molar-refractivity contribution is 0.255. The van der Waals surface area contributed by atoms with Crippen molar-refractivity contribution < 1.29 is 5.11 Å². The SMILES string of the molecule is Nc1nnc(-c2ccccc2O)cc1N1CCN(c2ccnc(C#CCN3CCCCC3)n2)CC1. The third-order valence-corrected chi connectivity index (χ3v) is 6.52. The minimum absolute atomic E-state index is 0.168. The largest absolute Gasteiger partial charge is 0.507 e. The third-order valence-electron chi connectivity index (χ3n) is 6.52. The molecule has 0 bridgehead atoms. The number of piperidine rings is 1. The average Bonchev–Trinajstić information content (AvgIpc) is 2.90. The van der Waals surface area contributed by atoms with Gasteiger partial charge in [-0.25, -0.2) is 9.97 Å². The van der Waals surface area contributed by atoms with Gasteiger partial charge in [0.1, 0.15) is 11.6 Å². The van der Waals surface area contributed by atoms with E-state index in [1.54, 1.807) is 18.3 Å². The highest BCUT2D eigenvalue weighted by atomic mass is 16.3. The number of benzene rings is 1. The van der Waals surface area contributed by atoms with Gasteiger partial charge in [-0.1, -0.05) is 24.5 Å². The maximum atomic E-state index is 10.2. The number of piperazine rings is 1. The predicted octanol–water partition coefficient (Wildman–Crippen LogP) is 2.39. The number of aromatic nitrogens is 4. The van der Waals surface area contributed by atoms with Crippen LogP contribution in [0.15, 0.2) is 42.6 Å². The molecule has 0 saturated carbocycles. The first kappa shape index (κ1) is 22.9. The van der Waals surface area contributed by atoms with Crippen molar-refractivity contribution in [3.8, 4) is 28.8 Å². The van der Waals surface area contributed by atoms with Crippen molar-refractivity contribution in [1.29, 1.82) is 0 Å². The van der Waals surface area contributed by atoms with E-state index in [1.807, 2.05) is 24.3 Å². The van der Waals surface area contributed by atoms with E-state index < -0.39 is 0 Å². The minimum Gasteiger partial charge on any atom is -0.507 e. The van der Waals surface area contributed by atoms with E-state index in [2.05, 4.69) is 46.7 Å². The van der Waals surface area contributed by atoms with Crippen molar-refractivity contribution in [2.75, 3.05) is 61.3 Å². The molecule has 0 unspecified atom stereocenters. The lowest BCUT2D eigenvalue weighted by Crippen LogP contribution is -2.47. The van der Waals surface area contributed by atoms with Gasteiger partial charge >= 0.3 is 0 Å². The number of para-hydroxylation sites is 1. The summed E-state index contributed by atoms with van der Waals surface area (Å²) in [5.41, 5.74) is 8.23. The van der Waals surface area contributed by atoms with Gasteiger partial charge in [-0.2, -0.15) is 0 Å². The normalized spacial score (nSPS) is 16.6. The molecule has 2 saturated heterocycles. The molecule has 9 heteroatoms. The van der Waals surface area contributed by atoms with Crippen LogP contribution in [0.3, 0.4) is 0 Å². The Morgan fingerprint density at radius 3 is 2.49 bits per heavy atom. The smallest absolute Gasteiger partial charge is 0.206 e. The lowest BCUT2D eigenvalue weighted by Gasteiger charge is -2.36. The van der Waals surface area contributed by atoms with Crippen molar-refractivity contribution >= 4 is 17.3 Å². The standard InChI is InChI=1S/C26H30N8O/c27-26-22(19-21(30-31-26)20-7-2-3-8-23(20)35)33-15-17-34(18-16-33)25-10-11-28-24(29-25)9-6-14-32-12-4-1-5-13-32/h2-3,7-8,10-11,19,35H,1,4-5,12-18H2,(H2,27,31). The van der Waals surface area contributed by atoms with Gasteiger partial charge in [0.2, 0.25) is 5.82 Å². The molecule has 0 atom stereocenters. The molecule has 35 heavy (non-hydrogen) atoms. The van der Waals surface area contributed by atoms with Crippen LogP contribution >= 0.6 is 0 Å². The summed E-state index contributed by atoms with van der Waals surface area (Å²) in [6.07, 6.45) is 5.63. The summed E-state index contributed by atoms with van der Waals surface area (Å²) >= 11 is 0. The van der Waals surface area contributed by atoms with Crippen molar-refractivity contribution in [2.45, 2.75) is 19.3 Å². The molecular formula is C26H30N8O. The molecule has 2 aliphatic heterocycles. The quantitative estimate of drug-likeness (QED) is 0.556. The summed E-state index contributed by atoms with van der Waals surface area (Å²) in [7, 11) is 0. The fraction of sp³-hybridized carbons (Fsp3) is 0.385. The van der Waals surface area contributed by atoms with E-state index in [0.717, 1.165) is 57.3 Å². The molecule has 1 aromatic carbocycles. The minimum atomic E-state index is 0.168. The van der Waals surface area contributed by atoms with Crippen LogP contribution in [0.2, 0.25) is 0 Å². The van der Waals surface area contributed by atoms with Crippen molar-refractivity contribution in [1.82, 2.24) is 25.1 Å². The lowest BCUT2D eigenvalue weighted by atomic mass is 10.1. The second-order valence-electron chi connectivity index (χ2n) is 8.87. The molecule has 0 spiro atoms. The van der Waals surface area contributed by atoms with Crippen molar-refractivity contribution in [3.05, 3.63) is 48.4 Å². The zero-order valence-corrected chi connectivity index (χ0v) is 19.8. The van der Waals surface area contributed by atoms with E-state index in [0.29, 0.717) is 22.9 Å². The number of aromatic hydroxyl groups is 1. The fourth-order valence-corrected chi connectivity index (χ4v) is 4.58. The number of likely N-dealkylation sites (tertiary alicyclic amines) is 1. The molecular weight excluding hydrogens is 440 g/mol. The Bertz CT molecular complexity index is 1220. The molecule has 9 nitrogen and oxygen atoms in total. The molecule has 2 aliphatic rings. The van der Waals surface area contributed by atoms with E-state index in [1.165, 1.54) is 19.3 Å². The van der Waals surface area contributed by atoms with Crippen LogP contribution in [0, 0.1) is 11.8 Å². The summed E-state index contributed by atoms with van der Waals surface area (Å²) in [5.74, 6) is 8.38. The highest BCUT2D eigenvalue weighted by Crippen LogP contribution is 2.31. The Balaban J connectivity index is 1.24. The molecule has 180 valence electrons. The Morgan fingerprint density at radius 1 is 0.914 bits per heavy atom. The summed E-state index contributed by atoms with van der Waals surface area (Å²) in [6.45, 7) is 6.12. The van der Waals surface area contributed by atoms with Crippen LogP contribution in [0.5, 0.6) is 5.75 Å². The van der Waals surface area contributed by atoms with Crippen molar-refractivity contribution in [3.63, 3.8) is 0 Å². The Hall–Kier alpha value is -3.90. The van der Waals surface area contributed by atoms with Gasteiger partial charge in [-0.15, -0.1) is 10.2 Å². The number of nitrogens with two attached hydrogens (primary N) is 1. The predicted molar refractivity (Wildman–Crippen MR) is 137 cm³/mol. The summed E-state index contributed by atoms with van der Waals surface area (Å²) in [6, 6.07) is 10.9. The highest BCUT2D eigenvalue weighted by Gasteiger charge is 2.22. The molecule has 2 aromatic heterocycles. The summed E-state index contributed by atoms with van der Waals surface area (Å²) in [5, 5.41) is 18.5. The fourth-order valence-electron chi connectivity index (χ4n) is 4.58. The van der Waals surface area contributed by atoms with Gasteiger partial charge in [0.05, 0.1) is 17.9 Å². The van der Waals surface area contributed by atoms with Gasteiger partial charge in [0, 0.05) is 37.9 Å². The molecule has 3 N–H and O–H groups in total. The number of nitrogen functional groups attached to an aromatic ring is 1. The van der Waals surface area contributed by atoms with Gasteiger partial charge in [-0.05, 0) is 56.1 Å². The number of phenolic OH excluding ortho intramolecular Hbond substituents is 1. The maximum Gasteiger partial charge on any atom is 0.206 e. The number of anilines is 3. The van der Waals surface area contributed by atoms with Gasteiger partial charge in [0.15, 0.2) is 5.82 Å². The molecule has 0 amide bonds. The number of phenols is 1. The first-order valence-electron chi connectivity index (χ1n) is 12.1. The molecule has 5 rings (SSSR count). The van der Waals surface area contributed by atoms with Crippen LogP contribution < -0.4 is 15.5 Å². The number of hydrogen-bond acceptors (Lipinski definition) is 9. The zero-order chi connectivity index (χ0) is 24.0. The highest BCUT2D eigenvalue weighted by molar-refractivity contribution is 5.74. The van der Waals surface area contributed by atoms with Gasteiger partial charge in [0.25, 0.3) is 0 Å². The topological polar surface area (TPSA) is 108 Å². The second-order valence-corrected chi connectivity index (χ2v) is 8.87. The van der Waals surface area contributed by atoms with Crippen LogP contribution in [-0.2, 0) is 0 Å². The second kappa shape index (κ2) is 10.6. The Labute approximate surface area is 205 Å². The first-order valence-corrected chi connectivity index (χ1v) is 12.1. The summed E-state index contributed by atoms with van der Waals surface area (Å²) < 4.78 is 0. The zero-order valence-electron chi connectivity index (χ0n) is 19.8. The first-order chi connectivity index (χ1) is 17.2. The number of rotatable bonds is 4. The van der Waals surface area contributed by atoms with Crippen molar-refractivity contribution in [2.24, 2.45) is 0 Å². The summed E-state index contributed by atoms with van der Waals surface area (Å²) in [4.78, 5) is 15.9. The van der Waals surface area contributed by atoms with Gasteiger partial charge in [-0.3, -0.25) is 4.90 Å². The van der Waals surface area contributed by atoms with E-state index in [9.17, 15) is 5.11 Å². The average molecular weight is 471 g/mol. The van der Waals surface area contributed by atoms with Crippen LogP contribution in [0.1, 0.15) is 25.1 Å². The number of hydrogen-bond donors (Lipinski definition) is 2. The molecule has 4 heterocycles. The molecule has 2 fully saturated rings. The molecule has 0 radical (unpaired) electrons. The number of nitrogens with zero attached hydrogens (tertiary/aromatic N) is 7. The Morgan fingerprint density at radius 2 is 1.69 bits per heavy atom. The maximum absolute atomic E-state index is 10.2. The van der Waals surface area contributed by atoms with Crippen LogP contribution in [-0.4, -0.2) is 76.0 Å².